The molecule has 5 aromatic rings. The molecule has 3 heterocycles. The number of halogens is 1. The van der Waals surface area contributed by atoms with E-state index in [-0.39, 0.29) is 11.9 Å². The predicted octanol–water partition coefficient (Wildman–Crippen LogP) is 6.41. The van der Waals surface area contributed by atoms with Gasteiger partial charge in [-0.25, -0.2) is 15.0 Å². The van der Waals surface area contributed by atoms with Gasteiger partial charge < -0.3 is 16.8 Å². The molecule has 2 aromatic carbocycles. The minimum Gasteiger partial charge on any atom is -0.370 e. The quantitative estimate of drug-likeness (QED) is 0.130. The van der Waals surface area contributed by atoms with Crippen molar-refractivity contribution in [1.82, 2.24) is 30.1 Å². The van der Waals surface area contributed by atoms with E-state index in [1.807, 2.05) is 31.2 Å². The fraction of sp³-hybridized carbons (Fsp3) is 0.258. The van der Waals surface area contributed by atoms with Crippen LogP contribution in [-0.2, 0) is 6.42 Å². The van der Waals surface area contributed by atoms with E-state index in [0.717, 1.165) is 59.1 Å². The largest absolute Gasteiger partial charge is 0.370 e. The number of anilines is 3. The van der Waals surface area contributed by atoms with Crippen LogP contribution in [0.15, 0.2) is 54.6 Å². The number of H-pyrrole nitrogens is 1. The first-order chi connectivity index (χ1) is 19.6. The maximum absolute atomic E-state index is 5.91. The number of benzene rings is 2. The van der Waals surface area contributed by atoms with E-state index in [1.165, 1.54) is 22.3 Å². The highest BCUT2D eigenvalue weighted by atomic mass is 35.5. The zero-order chi connectivity index (χ0) is 29.5. The average Bonchev–Trinajstić information content (AvgIpc) is 3.34. The average molecular weight is 570 g/mol. The number of nitrogen functional groups attached to an aromatic ring is 2. The molecule has 0 amide bonds. The topological polar surface area (TPSA) is 144 Å². The minimum atomic E-state index is 0.198. The maximum Gasteiger partial charge on any atom is 0.222 e. The van der Waals surface area contributed by atoms with E-state index in [0.29, 0.717) is 5.15 Å². The lowest BCUT2D eigenvalue weighted by atomic mass is 10.0. The zero-order valence-electron chi connectivity index (χ0n) is 24.1. The third-order valence-electron chi connectivity index (χ3n) is 6.89. The molecule has 0 atom stereocenters. The van der Waals surface area contributed by atoms with Gasteiger partial charge in [0.1, 0.15) is 11.0 Å². The van der Waals surface area contributed by atoms with Crippen molar-refractivity contribution in [3.63, 3.8) is 0 Å². The van der Waals surface area contributed by atoms with Crippen molar-refractivity contribution < 1.29 is 0 Å². The van der Waals surface area contributed by atoms with Crippen LogP contribution in [0.2, 0.25) is 5.15 Å². The fourth-order valence-corrected chi connectivity index (χ4v) is 4.60. The lowest BCUT2D eigenvalue weighted by Crippen LogP contribution is -2.07. The summed E-state index contributed by atoms with van der Waals surface area (Å²) in [6.45, 7) is 11.1. The lowest BCUT2D eigenvalue weighted by Gasteiger charge is -2.11. The van der Waals surface area contributed by atoms with E-state index in [2.05, 4.69) is 87.4 Å². The van der Waals surface area contributed by atoms with Crippen molar-refractivity contribution in [2.45, 2.75) is 47.5 Å². The molecule has 0 fully saturated rings. The number of nitrogens with two attached hydrogens (primary N) is 2. The Kier molecular flexibility index (Phi) is 9.52. The summed E-state index contributed by atoms with van der Waals surface area (Å²) in [4.78, 5) is 16.7. The Morgan fingerprint density at radius 2 is 1.34 bits per heavy atom. The molecule has 9 nitrogen and oxygen atoms in total. The molecule has 0 bridgehead atoms. The maximum atomic E-state index is 5.91. The van der Waals surface area contributed by atoms with Gasteiger partial charge in [-0.2, -0.15) is 10.1 Å². The van der Waals surface area contributed by atoms with Crippen molar-refractivity contribution >= 4 is 29.3 Å². The van der Waals surface area contributed by atoms with Crippen LogP contribution in [0.5, 0.6) is 0 Å². The number of rotatable bonds is 7. The Morgan fingerprint density at radius 3 is 1.90 bits per heavy atom. The van der Waals surface area contributed by atoms with Gasteiger partial charge in [0.2, 0.25) is 11.9 Å². The van der Waals surface area contributed by atoms with Gasteiger partial charge in [0.25, 0.3) is 0 Å². The second kappa shape index (κ2) is 13.2. The lowest BCUT2D eigenvalue weighted by molar-refractivity contribution is 0.823. The molecule has 0 aliphatic heterocycles. The van der Waals surface area contributed by atoms with Gasteiger partial charge >= 0.3 is 0 Å². The summed E-state index contributed by atoms with van der Waals surface area (Å²) >= 11 is 5.86. The van der Waals surface area contributed by atoms with E-state index < -0.39 is 0 Å². The summed E-state index contributed by atoms with van der Waals surface area (Å²) in [5.41, 5.74) is 22.2. The van der Waals surface area contributed by atoms with Gasteiger partial charge in [-0.3, -0.25) is 5.10 Å². The summed E-state index contributed by atoms with van der Waals surface area (Å²) in [6.07, 6.45) is 1.88. The van der Waals surface area contributed by atoms with Crippen LogP contribution in [0.25, 0.3) is 22.5 Å². The summed E-state index contributed by atoms with van der Waals surface area (Å²) in [5.74, 6) is 1.23. The van der Waals surface area contributed by atoms with Crippen LogP contribution in [0.3, 0.4) is 0 Å². The smallest absolute Gasteiger partial charge is 0.222 e. The van der Waals surface area contributed by atoms with Crippen LogP contribution in [0.4, 0.5) is 17.7 Å². The zero-order valence-corrected chi connectivity index (χ0v) is 24.8. The van der Waals surface area contributed by atoms with Gasteiger partial charge in [0.05, 0.1) is 17.1 Å². The Bertz CT molecular complexity index is 1620. The van der Waals surface area contributed by atoms with Crippen molar-refractivity contribution in [2.24, 2.45) is 0 Å². The fourth-order valence-electron chi connectivity index (χ4n) is 4.41. The van der Waals surface area contributed by atoms with Gasteiger partial charge in [-0.1, -0.05) is 48.0 Å². The minimum absolute atomic E-state index is 0.198. The highest BCUT2D eigenvalue weighted by molar-refractivity contribution is 6.29. The van der Waals surface area contributed by atoms with Crippen molar-refractivity contribution in [2.75, 3.05) is 23.3 Å². The van der Waals surface area contributed by atoms with Crippen molar-refractivity contribution in [3.8, 4) is 22.5 Å². The van der Waals surface area contributed by atoms with Crippen LogP contribution < -0.4 is 16.8 Å². The Hall–Kier alpha value is -4.50. The Labute approximate surface area is 245 Å². The number of aryl methyl sites for hydroxylation is 4. The van der Waals surface area contributed by atoms with Crippen LogP contribution in [0.1, 0.15) is 40.1 Å². The first kappa shape index (κ1) is 29.5. The number of hydrogen-bond donors (Lipinski definition) is 4. The molecule has 0 saturated carbocycles. The molecule has 0 spiro atoms. The number of nitrogens with one attached hydrogen (secondary N) is 2. The first-order valence-corrected chi connectivity index (χ1v) is 13.8. The van der Waals surface area contributed by atoms with Gasteiger partial charge in [-0.15, -0.1) is 0 Å². The molecule has 3 aromatic heterocycles. The second-order valence-corrected chi connectivity index (χ2v) is 10.4. The number of aromatic amines is 1. The summed E-state index contributed by atoms with van der Waals surface area (Å²) < 4.78 is 0. The Morgan fingerprint density at radius 1 is 0.756 bits per heavy atom. The van der Waals surface area contributed by atoms with E-state index in [4.69, 9.17) is 23.1 Å². The third kappa shape index (κ3) is 7.79. The molecular weight excluding hydrogens is 534 g/mol. The normalized spacial score (nSPS) is 10.7. The van der Waals surface area contributed by atoms with Gasteiger partial charge in [0.15, 0.2) is 0 Å². The molecule has 41 heavy (non-hydrogen) atoms. The van der Waals surface area contributed by atoms with Crippen molar-refractivity contribution in [3.05, 3.63) is 93.4 Å². The highest BCUT2D eigenvalue weighted by Crippen LogP contribution is 2.27. The predicted molar refractivity (Wildman–Crippen MR) is 168 cm³/mol. The molecule has 10 heteroatoms. The molecule has 0 unspecified atom stereocenters. The second-order valence-electron chi connectivity index (χ2n) is 10.00. The molecule has 0 aliphatic carbocycles. The highest BCUT2D eigenvalue weighted by Gasteiger charge is 2.09. The molecule has 0 radical (unpaired) electrons. The van der Waals surface area contributed by atoms with Crippen LogP contribution in [0, 0.1) is 34.6 Å². The van der Waals surface area contributed by atoms with E-state index in [9.17, 15) is 0 Å². The van der Waals surface area contributed by atoms with Crippen molar-refractivity contribution in [1.29, 1.82) is 0 Å². The first-order valence-electron chi connectivity index (χ1n) is 13.4. The number of nitrogens with zero attached hydrogens (tertiary/aromatic N) is 5. The van der Waals surface area contributed by atoms with E-state index >= 15 is 0 Å². The molecular formula is C31H36ClN9. The molecule has 0 aliphatic rings. The van der Waals surface area contributed by atoms with E-state index in [1.54, 1.807) is 6.07 Å². The van der Waals surface area contributed by atoms with Crippen LogP contribution in [-0.4, -0.2) is 36.7 Å². The van der Waals surface area contributed by atoms with Gasteiger partial charge in [-0.05, 0) is 75.8 Å². The Balaban J connectivity index is 0.000000208. The monoisotopic (exact) mass is 569 g/mol. The standard InChI is InChI=1S/C19H24N6.C12H12ClN3/c1-12-6-4-8-16(14(12)3)17-11-18(23-19(20)22-17)21-9-5-7-15-10-13(2)24-25-15;1-7-4-3-5-9(8(7)2)10-6-11(13)16-12(14)15-10/h4,6,8,10-11H,5,7,9H2,1-3H3,(H,24,25)(H3,20,21,22,23);3-6H,1-2H3,(H2,14,15,16). The third-order valence-corrected chi connectivity index (χ3v) is 7.09. The summed E-state index contributed by atoms with van der Waals surface area (Å²) in [5, 5.41) is 10.9. The number of hydrogen-bond acceptors (Lipinski definition) is 8. The SMILES string of the molecule is Cc1cc(CCCNc2cc(-c3cccc(C)c3C)nc(N)n2)n[nH]1.Cc1cccc(-c2cc(Cl)nc(N)n2)c1C. The van der Waals surface area contributed by atoms with Gasteiger partial charge in [0, 0.05) is 35.5 Å². The summed E-state index contributed by atoms with van der Waals surface area (Å²) in [6, 6.07) is 18.0. The number of aromatic nitrogens is 6. The molecule has 5 rings (SSSR count). The summed E-state index contributed by atoms with van der Waals surface area (Å²) in [7, 11) is 0. The molecule has 212 valence electrons. The van der Waals surface area contributed by atoms with Crippen LogP contribution >= 0.6 is 11.6 Å². The molecule has 6 N–H and O–H groups in total. The molecule has 0 saturated heterocycles.